The van der Waals surface area contributed by atoms with E-state index in [1.807, 2.05) is 35.2 Å². The van der Waals surface area contributed by atoms with E-state index < -0.39 is 0 Å². The minimum absolute atomic E-state index is 0.0686. The van der Waals surface area contributed by atoms with Crippen LogP contribution < -0.4 is 10.5 Å². The van der Waals surface area contributed by atoms with Crippen LogP contribution in [0.15, 0.2) is 77.9 Å². The van der Waals surface area contributed by atoms with E-state index in [4.69, 9.17) is 0 Å². The molecule has 1 fully saturated rings. The van der Waals surface area contributed by atoms with Crippen LogP contribution in [0.5, 0.6) is 0 Å². The third kappa shape index (κ3) is 4.80. The topological polar surface area (TPSA) is 71.3 Å². The van der Waals surface area contributed by atoms with Crippen molar-refractivity contribution in [3.05, 3.63) is 100 Å². The standard InChI is InChI=1S/C28H29N5O2/c1-20-7-5-9-23(15-20)32-14-13-31(18-21(32)2)27(34)19-33-28(35)25-11-4-3-10-24(25)26(30-33)16-22-8-6-12-29-17-22/h3-12,15,17,21H,13-14,16,18-19H2,1-2H3/t21-/m0/s1. The molecule has 2 aromatic heterocycles. The Hall–Kier alpha value is -4.00. The molecule has 1 aliphatic heterocycles. The Morgan fingerprint density at radius 3 is 2.60 bits per heavy atom. The van der Waals surface area contributed by atoms with Crippen molar-refractivity contribution in [2.45, 2.75) is 32.9 Å². The smallest absolute Gasteiger partial charge is 0.275 e. The fourth-order valence-corrected chi connectivity index (χ4v) is 4.84. The summed E-state index contributed by atoms with van der Waals surface area (Å²) in [5.74, 6) is -0.0852. The van der Waals surface area contributed by atoms with Gasteiger partial charge >= 0.3 is 0 Å². The zero-order valence-electron chi connectivity index (χ0n) is 20.1. The molecule has 178 valence electrons. The lowest BCUT2D eigenvalue weighted by atomic mass is 10.1. The lowest BCUT2D eigenvalue weighted by Gasteiger charge is -2.41. The molecule has 0 saturated carbocycles. The van der Waals surface area contributed by atoms with E-state index in [2.05, 4.69) is 53.1 Å². The monoisotopic (exact) mass is 467 g/mol. The largest absolute Gasteiger partial charge is 0.365 e. The molecule has 4 aromatic rings. The molecule has 0 bridgehead atoms. The maximum atomic E-state index is 13.3. The van der Waals surface area contributed by atoms with Gasteiger partial charge in [0.1, 0.15) is 6.54 Å². The number of anilines is 1. The van der Waals surface area contributed by atoms with Gasteiger partial charge in [0.2, 0.25) is 5.91 Å². The zero-order valence-corrected chi connectivity index (χ0v) is 20.1. The number of carbonyl (C=O) groups is 1. The van der Waals surface area contributed by atoms with Crippen LogP contribution in [0, 0.1) is 6.92 Å². The van der Waals surface area contributed by atoms with E-state index in [-0.39, 0.29) is 24.1 Å². The molecule has 3 heterocycles. The van der Waals surface area contributed by atoms with Gasteiger partial charge in [0.15, 0.2) is 0 Å². The van der Waals surface area contributed by atoms with Gasteiger partial charge in [-0.25, -0.2) is 4.68 Å². The number of aromatic nitrogens is 3. The maximum absolute atomic E-state index is 13.3. The van der Waals surface area contributed by atoms with Crippen molar-refractivity contribution >= 4 is 22.4 Å². The molecule has 0 spiro atoms. The second-order valence-corrected chi connectivity index (χ2v) is 9.21. The molecule has 5 rings (SSSR count). The van der Waals surface area contributed by atoms with Gasteiger partial charge in [-0.2, -0.15) is 5.10 Å². The van der Waals surface area contributed by atoms with E-state index in [0.717, 1.165) is 23.2 Å². The van der Waals surface area contributed by atoms with Crippen molar-refractivity contribution in [3.63, 3.8) is 0 Å². The summed E-state index contributed by atoms with van der Waals surface area (Å²) in [6, 6.07) is 19.9. The Labute approximate surface area is 204 Å². The number of hydrogen-bond donors (Lipinski definition) is 0. The van der Waals surface area contributed by atoms with Crippen LogP contribution >= 0.6 is 0 Å². The van der Waals surface area contributed by atoms with E-state index in [1.54, 1.807) is 18.5 Å². The number of rotatable bonds is 5. The fraction of sp³-hybridized carbons (Fsp3) is 0.286. The van der Waals surface area contributed by atoms with Gasteiger partial charge in [0.05, 0.1) is 11.1 Å². The summed E-state index contributed by atoms with van der Waals surface area (Å²) in [7, 11) is 0. The second kappa shape index (κ2) is 9.70. The summed E-state index contributed by atoms with van der Waals surface area (Å²) >= 11 is 0. The summed E-state index contributed by atoms with van der Waals surface area (Å²) in [6.45, 7) is 6.13. The van der Waals surface area contributed by atoms with Crippen LogP contribution in [0.3, 0.4) is 0 Å². The van der Waals surface area contributed by atoms with E-state index in [0.29, 0.717) is 24.9 Å². The second-order valence-electron chi connectivity index (χ2n) is 9.21. The summed E-state index contributed by atoms with van der Waals surface area (Å²) in [4.78, 5) is 34.8. The normalized spacial score (nSPS) is 16.0. The van der Waals surface area contributed by atoms with Crippen LogP contribution in [0.1, 0.15) is 23.7 Å². The van der Waals surface area contributed by atoms with Crippen molar-refractivity contribution in [3.8, 4) is 0 Å². The lowest BCUT2D eigenvalue weighted by molar-refractivity contribution is -0.132. The van der Waals surface area contributed by atoms with Gasteiger partial charge in [-0.3, -0.25) is 14.6 Å². The van der Waals surface area contributed by atoms with Crippen LogP contribution in [0.2, 0.25) is 0 Å². The first-order valence-electron chi connectivity index (χ1n) is 12.0. The molecule has 1 saturated heterocycles. The average Bonchev–Trinajstić information content (AvgIpc) is 2.87. The van der Waals surface area contributed by atoms with Gasteiger partial charge in [-0.05, 0) is 49.2 Å². The summed E-state index contributed by atoms with van der Waals surface area (Å²) in [5, 5.41) is 6.03. The first-order valence-corrected chi connectivity index (χ1v) is 12.0. The number of benzene rings is 2. The quantitative estimate of drug-likeness (QED) is 0.450. The average molecular weight is 468 g/mol. The van der Waals surface area contributed by atoms with Gasteiger partial charge in [-0.15, -0.1) is 0 Å². The number of carbonyl (C=O) groups excluding carboxylic acids is 1. The number of amides is 1. The predicted octanol–water partition coefficient (Wildman–Crippen LogP) is 3.43. The summed E-state index contributed by atoms with van der Waals surface area (Å²) in [6.07, 6.45) is 4.06. The van der Waals surface area contributed by atoms with Gasteiger partial charge in [0.25, 0.3) is 5.56 Å². The Morgan fingerprint density at radius 1 is 1.03 bits per heavy atom. The van der Waals surface area contributed by atoms with E-state index >= 15 is 0 Å². The zero-order chi connectivity index (χ0) is 24.4. The molecule has 1 amide bonds. The molecule has 0 N–H and O–H groups in total. The molecule has 1 atom stereocenters. The molecule has 0 radical (unpaired) electrons. The Bertz CT molecular complexity index is 1420. The number of nitrogens with zero attached hydrogens (tertiary/aromatic N) is 5. The van der Waals surface area contributed by atoms with Gasteiger partial charge in [-0.1, -0.05) is 36.4 Å². The Kier molecular flexibility index (Phi) is 6.31. The number of piperazine rings is 1. The van der Waals surface area contributed by atoms with Crippen LogP contribution in [-0.2, 0) is 17.8 Å². The number of aryl methyl sites for hydroxylation is 1. The minimum Gasteiger partial charge on any atom is -0.365 e. The van der Waals surface area contributed by atoms with Gasteiger partial charge < -0.3 is 9.80 Å². The van der Waals surface area contributed by atoms with Crippen molar-refractivity contribution < 1.29 is 4.79 Å². The van der Waals surface area contributed by atoms with Crippen LogP contribution in [0.4, 0.5) is 5.69 Å². The first kappa shape index (κ1) is 22.8. The molecular weight excluding hydrogens is 438 g/mol. The number of hydrogen-bond acceptors (Lipinski definition) is 5. The van der Waals surface area contributed by atoms with E-state index in [1.165, 1.54) is 15.9 Å². The Morgan fingerprint density at radius 2 is 1.86 bits per heavy atom. The predicted molar refractivity (Wildman–Crippen MR) is 138 cm³/mol. The van der Waals surface area contributed by atoms with Crippen LogP contribution in [0.25, 0.3) is 10.8 Å². The third-order valence-corrected chi connectivity index (χ3v) is 6.64. The highest BCUT2D eigenvalue weighted by Crippen LogP contribution is 2.22. The summed E-state index contributed by atoms with van der Waals surface area (Å²) in [5.41, 5.74) is 3.92. The van der Waals surface area contributed by atoms with Crippen molar-refractivity contribution in [1.82, 2.24) is 19.7 Å². The Balaban J connectivity index is 1.37. The minimum atomic E-state index is -0.240. The van der Waals surface area contributed by atoms with Crippen molar-refractivity contribution in [1.29, 1.82) is 0 Å². The highest BCUT2D eigenvalue weighted by Gasteiger charge is 2.27. The highest BCUT2D eigenvalue weighted by molar-refractivity contribution is 5.84. The van der Waals surface area contributed by atoms with E-state index in [9.17, 15) is 9.59 Å². The fourth-order valence-electron chi connectivity index (χ4n) is 4.84. The molecule has 7 nitrogen and oxygen atoms in total. The molecular formula is C28H29N5O2. The van der Waals surface area contributed by atoms with Crippen molar-refractivity contribution in [2.75, 3.05) is 24.5 Å². The highest BCUT2D eigenvalue weighted by atomic mass is 16.2. The molecule has 7 heteroatoms. The lowest BCUT2D eigenvalue weighted by Crippen LogP contribution is -2.54. The molecule has 1 aliphatic rings. The molecule has 0 unspecified atom stereocenters. The first-order chi connectivity index (χ1) is 17.0. The van der Waals surface area contributed by atoms with Crippen molar-refractivity contribution in [2.24, 2.45) is 0 Å². The number of pyridine rings is 1. The molecule has 0 aliphatic carbocycles. The summed E-state index contributed by atoms with van der Waals surface area (Å²) < 4.78 is 1.33. The SMILES string of the molecule is Cc1cccc(N2CCN(C(=O)Cn3nc(Cc4cccnc4)c4ccccc4c3=O)C[C@@H]2C)c1. The molecule has 35 heavy (non-hydrogen) atoms. The van der Waals surface area contributed by atoms with Crippen LogP contribution in [-0.4, -0.2) is 51.2 Å². The third-order valence-electron chi connectivity index (χ3n) is 6.64. The number of fused-ring (bicyclic) bond motifs is 1. The maximum Gasteiger partial charge on any atom is 0.275 e. The van der Waals surface area contributed by atoms with Gasteiger partial charge in [0, 0.05) is 55.6 Å². The molecule has 2 aromatic carbocycles.